The number of fused-ring (bicyclic) bond motifs is 3. The lowest BCUT2D eigenvalue weighted by molar-refractivity contribution is 0.0697. The summed E-state index contributed by atoms with van der Waals surface area (Å²) < 4.78 is 16.7. The summed E-state index contributed by atoms with van der Waals surface area (Å²) in [6.45, 7) is 3.84. The lowest BCUT2D eigenvalue weighted by Crippen LogP contribution is -2.25. The van der Waals surface area contributed by atoms with Crippen LogP contribution < -0.4 is 10.1 Å². The first-order valence-corrected chi connectivity index (χ1v) is 7.89. The van der Waals surface area contributed by atoms with Crippen molar-refractivity contribution in [2.45, 2.75) is 0 Å². The van der Waals surface area contributed by atoms with Gasteiger partial charge in [-0.3, -0.25) is 9.20 Å². The van der Waals surface area contributed by atoms with Crippen LogP contribution in [0.3, 0.4) is 0 Å². The largest absolute Gasteiger partial charge is 0.477 e. The minimum absolute atomic E-state index is 0.0368. The van der Waals surface area contributed by atoms with Gasteiger partial charge in [0.2, 0.25) is 5.43 Å². The highest BCUT2D eigenvalue weighted by molar-refractivity contribution is 7.17. The van der Waals surface area contributed by atoms with Crippen LogP contribution in [-0.4, -0.2) is 15.5 Å². The Kier molecular flexibility index (Phi) is 3.04. The Morgan fingerprint density at radius 2 is 1.92 bits per heavy atom. The summed E-state index contributed by atoms with van der Waals surface area (Å²) in [7, 11) is 0. The van der Waals surface area contributed by atoms with E-state index in [1.54, 1.807) is 34.7 Å². The number of aromatic nitrogens is 1. The minimum Gasteiger partial charge on any atom is -0.477 e. The van der Waals surface area contributed by atoms with Gasteiger partial charge in [0.05, 0.1) is 10.2 Å². The van der Waals surface area contributed by atoms with E-state index in [9.17, 15) is 19.1 Å². The Hall–Kier alpha value is -2.99. The predicted molar refractivity (Wildman–Crippen MR) is 92.1 cm³/mol. The number of hydrogen-bond acceptors (Lipinski definition) is 3. The van der Waals surface area contributed by atoms with Gasteiger partial charge in [0, 0.05) is 10.9 Å². The van der Waals surface area contributed by atoms with Gasteiger partial charge in [-0.2, -0.15) is 0 Å². The second-order valence-electron chi connectivity index (χ2n) is 5.36. The van der Waals surface area contributed by atoms with E-state index < -0.39 is 17.2 Å². The van der Waals surface area contributed by atoms with Crippen LogP contribution in [0.15, 0.2) is 47.3 Å². The van der Waals surface area contributed by atoms with Crippen molar-refractivity contribution < 1.29 is 14.3 Å². The fraction of sp³-hybridized carbons (Fsp3) is 0. The summed E-state index contributed by atoms with van der Waals surface area (Å²) in [5.41, 5.74) is 0.474. The van der Waals surface area contributed by atoms with Crippen molar-refractivity contribution in [1.29, 1.82) is 0 Å². The fourth-order valence-electron chi connectivity index (χ4n) is 2.87. The van der Waals surface area contributed by atoms with Gasteiger partial charge in [-0.25, -0.2) is 9.18 Å². The first kappa shape index (κ1) is 14.6. The molecule has 0 fully saturated rings. The Morgan fingerprint density at radius 3 is 2.54 bits per heavy atom. The number of halogens is 1. The molecule has 2 aromatic carbocycles. The van der Waals surface area contributed by atoms with Crippen molar-refractivity contribution in [3.05, 3.63) is 68.7 Å². The number of aromatic carboxylic acids is 1. The zero-order chi connectivity index (χ0) is 17.0. The first-order chi connectivity index (χ1) is 11.5. The van der Waals surface area contributed by atoms with Gasteiger partial charge < -0.3 is 5.11 Å². The number of carbonyl (C=O) groups is 1. The van der Waals surface area contributed by atoms with E-state index in [4.69, 9.17) is 0 Å². The highest BCUT2D eigenvalue weighted by Crippen LogP contribution is 2.28. The molecule has 4 aromatic rings. The van der Waals surface area contributed by atoms with E-state index >= 15 is 0 Å². The first-order valence-electron chi connectivity index (χ1n) is 7.07. The molecule has 0 aliphatic heterocycles. The summed E-state index contributed by atoms with van der Waals surface area (Å²) in [4.78, 5) is 24.2. The van der Waals surface area contributed by atoms with Gasteiger partial charge in [0.25, 0.3) is 0 Å². The molecule has 0 aliphatic rings. The number of benzene rings is 2. The maximum absolute atomic E-state index is 14.5. The molecule has 0 atom stereocenters. The van der Waals surface area contributed by atoms with Crippen LogP contribution in [0.1, 0.15) is 10.4 Å². The number of rotatable bonds is 2. The smallest absolute Gasteiger partial charge is 0.342 e. The van der Waals surface area contributed by atoms with E-state index in [0.717, 1.165) is 17.4 Å². The standard InChI is InChI=1S/C18H10FNO3S/c1-9-20-14-8-11(10-5-3-2-4-6-10)13(19)7-12(14)16(21)15(18(22)23)17(20)24-9/h2-8H,1H2,(H,22,23). The molecule has 0 saturated heterocycles. The molecule has 4 nitrogen and oxygen atoms in total. The van der Waals surface area contributed by atoms with Gasteiger partial charge in [-0.1, -0.05) is 48.2 Å². The van der Waals surface area contributed by atoms with Crippen molar-refractivity contribution in [2.24, 2.45) is 0 Å². The van der Waals surface area contributed by atoms with Crippen LogP contribution in [0.4, 0.5) is 4.39 Å². The summed E-state index contributed by atoms with van der Waals surface area (Å²) in [5, 5.41) is 9.34. The lowest BCUT2D eigenvalue weighted by atomic mass is 10.0. The van der Waals surface area contributed by atoms with Gasteiger partial charge in [0.15, 0.2) is 0 Å². The fourth-order valence-corrected chi connectivity index (χ4v) is 3.83. The van der Waals surface area contributed by atoms with Gasteiger partial charge in [-0.05, 0) is 17.7 Å². The number of carboxylic acids is 1. The third-order valence-electron chi connectivity index (χ3n) is 3.98. The van der Waals surface area contributed by atoms with Gasteiger partial charge in [0.1, 0.15) is 16.2 Å². The van der Waals surface area contributed by atoms with Crippen molar-refractivity contribution in [3.8, 4) is 11.1 Å². The van der Waals surface area contributed by atoms with Crippen molar-refractivity contribution in [3.63, 3.8) is 0 Å². The highest BCUT2D eigenvalue weighted by atomic mass is 32.1. The Labute approximate surface area is 138 Å². The van der Waals surface area contributed by atoms with Crippen molar-refractivity contribution in [2.75, 3.05) is 0 Å². The van der Waals surface area contributed by atoms with Gasteiger partial charge in [-0.15, -0.1) is 0 Å². The molecule has 2 aromatic heterocycles. The zero-order valence-corrected chi connectivity index (χ0v) is 13.1. The topological polar surface area (TPSA) is 58.8 Å². The van der Waals surface area contributed by atoms with Crippen LogP contribution in [0.25, 0.3) is 33.4 Å². The molecule has 2 heterocycles. The third-order valence-corrected chi connectivity index (χ3v) is 4.98. The number of hydrogen-bond donors (Lipinski definition) is 1. The molecular weight excluding hydrogens is 329 g/mol. The molecule has 24 heavy (non-hydrogen) atoms. The summed E-state index contributed by atoms with van der Waals surface area (Å²) in [5.74, 6) is -1.89. The molecule has 4 rings (SSSR count). The number of nitrogens with zero attached hydrogens (tertiary/aromatic N) is 1. The van der Waals surface area contributed by atoms with Crippen LogP contribution in [0, 0.1) is 5.82 Å². The summed E-state index contributed by atoms with van der Waals surface area (Å²) in [6, 6.07) is 11.6. The maximum Gasteiger partial charge on any atom is 0.342 e. The normalized spacial score (nSPS) is 11.4. The van der Waals surface area contributed by atoms with Crippen LogP contribution in [0.5, 0.6) is 0 Å². The number of pyridine rings is 1. The predicted octanol–water partition coefficient (Wildman–Crippen LogP) is 3.15. The lowest BCUT2D eigenvalue weighted by Gasteiger charge is -2.14. The molecule has 0 saturated carbocycles. The molecule has 0 aliphatic carbocycles. The third kappa shape index (κ3) is 1.90. The van der Waals surface area contributed by atoms with E-state index in [0.29, 0.717) is 26.1 Å². The molecule has 0 bridgehead atoms. The quantitative estimate of drug-likeness (QED) is 0.610. The van der Waals surface area contributed by atoms with Crippen LogP contribution in [-0.2, 0) is 0 Å². The average molecular weight is 339 g/mol. The summed E-state index contributed by atoms with van der Waals surface area (Å²) in [6.07, 6.45) is 0. The number of carboxylic acid groups (broad SMARTS) is 1. The molecule has 0 radical (unpaired) electrons. The highest BCUT2D eigenvalue weighted by Gasteiger charge is 2.22. The molecular formula is C18H10FNO3S. The van der Waals surface area contributed by atoms with E-state index in [1.165, 1.54) is 0 Å². The van der Waals surface area contributed by atoms with E-state index in [-0.39, 0.29) is 10.9 Å². The SMILES string of the molecule is C=c1sc2c(C(=O)O)c(=O)c3cc(F)c(-c4ccccc4)cc3n12. The molecule has 0 amide bonds. The Balaban J connectivity index is 2.18. The second kappa shape index (κ2) is 5.01. The van der Waals surface area contributed by atoms with Crippen LogP contribution in [0.2, 0.25) is 0 Å². The Morgan fingerprint density at radius 1 is 1.21 bits per heavy atom. The molecule has 118 valence electrons. The average Bonchev–Trinajstić information content (AvgIpc) is 2.55. The Bertz CT molecular complexity index is 1220. The second-order valence-corrected chi connectivity index (χ2v) is 6.42. The van der Waals surface area contributed by atoms with E-state index in [2.05, 4.69) is 6.58 Å². The molecule has 0 spiro atoms. The summed E-state index contributed by atoms with van der Waals surface area (Å²) >= 11 is 1.14. The van der Waals surface area contributed by atoms with Crippen LogP contribution >= 0.6 is 11.3 Å². The molecule has 1 N–H and O–H groups in total. The zero-order valence-electron chi connectivity index (χ0n) is 12.2. The monoisotopic (exact) mass is 339 g/mol. The molecule has 6 heteroatoms. The molecule has 0 unspecified atom stereocenters. The van der Waals surface area contributed by atoms with Crippen molar-refractivity contribution in [1.82, 2.24) is 4.40 Å². The van der Waals surface area contributed by atoms with Crippen molar-refractivity contribution >= 4 is 39.6 Å². The minimum atomic E-state index is -1.32. The maximum atomic E-state index is 14.5. The van der Waals surface area contributed by atoms with E-state index in [1.807, 2.05) is 6.07 Å². The van der Waals surface area contributed by atoms with Gasteiger partial charge >= 0.3 is 5.97 Å².